The molecule has 2 aliphatic heterocycles. The van der Waals surface area contributed by atoms with Crippen LogP contribution < -0.4 is 25.2 Å². The molecule has 3 aliphatic rings. The van der Waals surface area contributed by atoms with Crippen LogP contribution in [0.4, 0.5) is 23.1 Å². The number of aromatic nitrogens is 2. The fraction of sp³-hybridized carbons (Fsp3) is 0.556. The fourth-order valence-corrected chi connectivity index (χ4v) is 5.57. The molecule has 0 unspecified atom stereocenters. The van der Waals surface area contributed by atoms with Crippen molar-refractivity contribution < 1.29 is 14.3 Å². The Morgan fingerprint density at radius 2 is 1.84 bits per heavy atom. The number of methoxy groups -OCH3 is 1. The predicted octanol–water partition coefficient (Wildman–Crippen LogP) is 3.17. The van der Waals surface area contributed by atoms with E-state index in [2.05, 4.69) is 32.5 Å². The molecule has 2 N–H and O–H groups in total. The van der Waals surface area contributed by atoms with Crippen LogP contribution in [0.1, 0.15) is 55.3 Å². The zero-order valence-corrected chi connectivity index (χ0v) is 22.0. The molecule has 10 heteroatoms. The van der Waals surface area contributed by atoms with Gasteiger partial charge in [-0.15, -0.1) is 0 Å². The highest BCUT2D eigenvalue weighted by Gasteiger charge is 2.31. The van der Waals surface area contributed by atoms with Crippen LogP contribution in [0.2, 0.25) is 0 Å². The predicted molar refractivity (Wildman–Crippen MR) is 144 cm³/mol. The van der Waals surface area contributed by atoms with Crippen molar-refractivity contribution in [2.24, 2.45) is 0 Å². The number of nitrogens with zero attached hydrogens (tertiary/aromatic N) is 5. The number of hydrogen-bond donors (Lipinski definition) is 2. The summed E-state index contributed by atoms with van der Waals surface area (Å²) >= 11 is 0. The van der Waals surface area contributed by atoms with E-state index in [0.29, 0.717) is 36.3 Å². The van der Waals surface area contributed by atoms with Crippen LogP contribution in [0.25, 0.3) is 0 Å². The van der Waals surface area contributed by atoms with E-state index in [1.807, 2.05) is 6.07 Å². The third-order valence-corrected chi connectivity index (χ3v) is 7.85. The molecule has 1 saturated carbocycles. The topological polar surface area (TPSA) is 103 Å². The number of anilines is 4. The molecule has 0 atom stereocenters. The number of piperidine rings is 1. The van der Waals surface area contributed by atoms with Crippen LogP contribution in [-0.4, -0.2) is 79.6 Å². The van der Waals surface area contributed by atoms with Gasteiger partial charge in [0.15, 0.2) is 5.82 Å². The van der Waals surface area contributed by atoms with E-state index in [9.17, 15) is 9.59 Å². The molecule has 1 saturated heterocycles. The molecule has 2 amide bonds. The van der Waals surface area contributed by atoms with Gasteiger partial charge in [0.2, 0.25) is 11.9 Å². The molecular formula is C27H37N7O3. The molecule has 5 rings (SSSR count). The molecule has 0 spiro atoms. The Balaban J connectivity index is 1.35. The van der Waals surface area contributed by atoms with Gasteiger partial charge in [-0.3, -0.25) is 9.59 Å². The normalized spacial score (nSPS) is 19.5. The second-order valence-electron chi connectivity index (χ2n) is 10.3. The molecule has 198 valence electrons. The second-order valence-corrected chi connectivity index (χ2v) is 10.3. The number of hydrogen-bond acceptors (Lipinski definition) is 8. The Hall–Kier alpha value is -3.40. The van der Waals surface area contributed by atoms with Gasteiger partial charge in [0.1, 0.15) is 11.4 Å². The first kappa shape index (κ1) is 25.3. The average molecular weight is 508 g/mol. The number of nitrogens with one attached hydrogen (secondary N) is 2. The third-order valence-electron chi connectivity index (χ3n) is 7.85. The molecule has 2 fully saturated rings. The number of likely N-dealkylation sites (tertiary alicyclic amines) is 1. The lowest BCUT2D eigenvalue weighted by atomic mass is 10.0. The van der Waals surface area contributed by atoms with Crippen molar-refractivity contribution in [1.29, 1.82) is 0 Å². The number of ether oxygens (including phenoxy) is 1. The maximum absolute atomic E-state index is 13.0. The highest BCUT2D eigenvalue weighted by Crippen LogP contribution is 2.36. The minimum atomic E-state index is -0.126. The third kappa shape index (κ3) is 5.49. The quantitative estimate of drug-likeness (QED) is 0.615. The highest BCUT2D eigenvalue weighted by atomic mass is 16.5. The van der Waals surface area contributed by atoms with Gasteiger partial charge in [-0.25, -0.2) is 4.98 Å². The van der Waals surface area contributed by atoms with E-state index < -0.39 is 0 Å². The summed E-state index contributed by atoms with van der Waals surface area (Å²) in [5, 5.41) is 6.42. The molecule has 0 bridgehead atoms. The van der Waals surface area contributed by atoms with Crippen molar-refractivity contribution in [3.63, 3.8) is 0 Å². The zero-order valence-electron chi connectivity index (χ0n) is 22.0. The summed E-state index contributed by atoms with van der Waals surface area (Å²) in [5.41, 5.74) is 1.96. The molecule has 2 aromatic rings. The zero-order chi connectivity index (χ0) is 25.9. The maximum Gasteiger partial charge on any atom is 0.255 e. The van der Waals surface area contributed by atoms with E-state index in [4.69, 9.17) is 9.72 Å². The summed E-state index contributed by atoms with van der Waals surface area (Å²) in [7, 11) is 5.46. The van der Waals surface area contributed by atoms with E-state index in [-0.39, 0.29) is 17.9 Å². The molecule has 0 radical (unpaired) electrons. The maximum atomic E-state index is 13.0. The van der Waals surface area contributed by atoms with Crippen LogP contribution in [0.15, 0.2) is 24.4 Å². The van der Waals surface area contributed by atoms with Crippen LogP contribution in [0.3, 0.4) is 0 Å². The minimum absolute atomic E-state index is 0.0740. The number of benzene rings is 1. The van der Waals surface area contributed by atoms with Crippen molar-refractivity contribution >= 4 is 35.0 Å². The largest absolute Gasteiger partial charge is 0.496 e. The van der Waals surface area contributed by atoms with Gasteiger partial charge in [0.25, 0.3) is 5.91 Å². The summed E-state index contributed by atoms with van der Waals surface area (Å²) < 4.78 is 5.57. The molecule has 3 heterocycles. The second kappa shape index (κ2) is 10.9. The van der Waals surface area contributed by atoms with Crippen LogP contribution >= 0.6 is 0 Å². The van der Waals surface area contributed by atoms with Gasteiger partial charge >= 0.3 is 0 Å². The molecule has 1 aliphatic carbocycles. The van der Waals surface area contributed by atoms with E-state index in [1.165, 1.54) is 12.8 Å². The SMILES string of the molecule is COc1cc(Nc2ncc3c(n2)N(C2CCCC2)CCC(=O)N3C)ccc1C(=O)NC1CCN(C)CC1. The van der Waals surface area contributed by atoms with Crippen molar-refractivity contribution in [2.45, 2.75) is 57.0 Å². The summed E-state index contributed by atoms with van der Waals surface area (Å²) in [4.78, 5) is 41.1. The van der Waals surface area contributed by atoms with Gasteiger partial charge in [-0.05, 0) is 58.0 Å². The van der Waals surface area contributed by atoms with E-state index in [1.54, 1.807) is 37.4 Å². The van der Waals surface area contributed by atoms with Crippen molar-refractivity contribution in [1.82, 2.24) is 20.2 Å². The van der Waals surface area contributed by atoms with Gasteiger partial charge in [0.05, 0.1) is 18.9 Å². The Morgan fingerprint density at radius 3 is 2.57 bits per heavy atom. The Kier molecular flexibility index (Phi) is 7.45. The van der Waals surface area contributed by atoms with Crippen molar-refractivity contribution in [3.8, 4) is 5.75 Å². The first-order valence-electron chi connectivity index (χ1n) is 13.3. The fourth-order valence-electron chi connectivity index (χ4n) is 5.57. The summed E-state index contributed by atoms with van der Waals surface area (Å²) in [5.74, 6) is 1.67. The average Bonchev–Trinajstić information content (AvgIpc) is 3.40. The number of rotatable bonds is 6. The van der Waals surface area contributed by atoms with Crippen LogP contribution in [0, 0.1) is 0 Å². The molecule has 10 nitrogen and oxygen atoms in total. The smallest absolute Gasteiger partial charge is 0.255 e. The summed E-state index contributed by atoms with van der Waals surface area (Å²) in [6.07, 6.45) is 8.70. The van der Waals surface area contributed by atoms with E-state index in [0.717, 1.165) is 56.0 Å². The first-order valence-corrected chi connectivity index (χ1v) is 13.3. The molecule has 1 aromatic heterocycles. The minimum Gasteiger partial charge on any atom is -0.496 e. The summed E-state index contributed by atoms with van der Waals surface area (Å²) in [6, 6.07) is 5.97. The van der Waals surface area contributed by atoms with Gasteiger partial charge in [-0.1, -0.05) is 12.8 Å². The lowest BCUT2D eigenvalue weighted by Crippen LogP contribution is -2.43. The number of carbonyl (C=O) groups excluding carboxylic acids is 2. The van der Waals surface area contributed by atoms with Gasteiger partial charge in [-0.2, -0.15) is 4.98 Å². The standard InChI is InChI=1S/C27H37N7O3/c1-32-13-10-18(11-14-32)29-26(36)21-9-8-19(16-23(21)37-3)30-27-28-17-22-25(31-27)34(20-6-4-5-7-20)15-12-24(35)33(22)2/h8-9,16-18,20H,4-7,10-15H2,1-3H3,(H,29,36)(H,28,30,31). The van der Waals surface area contributed by atoms with E-state index >= 15 is 0 Å². The monoisotopic (exact) mass is 507 g/mol. The lowest BCUT2D eigenvalue weighted by Gasteiger charge is -2.30. The molecule has 37 heavy (non-hydrogen) atoms. The first-order chi connectivity index (χ1) is 17.9. The van der Waals surface area contributed by atoms with Crippen LogP contribution in [-0.2, 0) is 4.79 Å². The lowest BCUT2D eigenvalue weighted by molar-refractivity contribution is -0.118. The molecule has 1 aromatic carbocycles. The van der Waals surface area contributed by atoms with Crippen LogP contribution in [0.5, 0.6) is 5.75 Å². The van der Waals surface area contributed by atoms with Gasteiger partial charge < -0.3 is 30.1 Å². The Morgan fingerprint density at radius 1 is 1.08 bits per heavy atom. The number of amides is 2. The molecular weight excluding hydrogens is 470 g/mol. The van der Waals surface area contributed by atoms with Crippen molar-refractivity contribution in [3.05, 3.63) is 30.0 Å². The summed E-state index contributed by atoms with van der Waals surface area (Å²) in [6.45, 7) is 2.62. The number of carbonyl (C=O) groups is 2. The highest BCUT2D eigenvalue weighted by molar-refractivity contribution is 5.98. The Labute approximate surface area is 218 Å². The Bertz CT molecular complexity index is 1140. The number of fused-ring (bicyclic) bond motifs is 1. The van der Waals surface area contributed by atoms with Crippen molar-refractivity contribution in [2.75, 3.05) is 56.0 Å². The van der Waals surface area contributed by atoms with Gasteiger partial charge in [0, 0.05) is 43.9 Å².